The molecule has 1 heterocycles. The summed E-state index contributed by atoms with van der Waals surface area (Å²) in [4.78, 5) is 25.8. The first-order valence-corrected chi connectivity index (χ1v) is 10.5. The van der Waals surface area contributed by atoms with Gasteiger partial charge in [-0.1, -0.05) is 41.4 Å². The first-order valence-electron chi connectivity index (χ1n) is 9.36. The highest BCUT2D eigenvalue weighted by Crippen LogP contribution is 2.28. The zero-order valence-corrected chi connectivity index (χ0v) is 18.9. The van der Waals surface area contributed by atoms with Gasteiger partial charge in [0, 0.05) is 23.2 Å². The lowest BCUT2D eigenvalue weighted by atomic mass is 10.0. The monoisotopic (exact) mass is 469 g/mol. The summed E-state index contributed by atoms with van der Waals surface area (Å²) in [6, 6.07) is 3.94. The molecule has 0 fully saturated rings. The molecule has 0 spiro atoms. The number of nitrogens with one attached hydrogen (secondary N) is 1. The molecule has 1 amide bonds. The van der Waals surface area contributed by atoms with Crippen molar-refractivity contribution in [3.8, 4) is 0 Å². The van der Waals surface area contributed by atoms with Crippen molar-refractivity contribution < 1.29 is 13.9 Å². The van der Waals surface area contributed by atoms with Crippen LogP contribution in [-0.4, -0.2) is 19.1 Å². The van der Waals surface area contributed by atoms with Crippen molar-refractivity contribution in [2.75, 3.05) is 18.5 Å². The van der Waals surface area contributed by atoms with Gasteiger partial charge in [-0.3, -0.25) is 9.59 Å². The molecular weight excluding hydrogens is 446 g/mol. The van der Waals surface area contributed by atoms with Gasteiger partial charge in [0.2, 0.25) is 5.43 Å². The third-order valence-corrected chi connectivity index (χ3v) is 5.36. The summed E-state index contributed by atoms with van der Waals surface area (Å²) < 4.78 is 12.0. The predicted molar refractivity (Wildman–Crippen MR) is 116 cm³/mol. The fourth-order valence-corrected chi connectivity index (χ4v) is 3.70. The van der Waals surface area contributed by atoms with Crippen molar-refractivity contribution in [1.82, 2.24) is 0 Å². The van der Waals surface area contributed by atoms with Crippen molar-refractivity contribution in [2.45, 2.75) is 47.0 Å². The minimum absolute atomic E-state index is 0.0673. The van der Waals surface area contributed by atoms with Gasteiger partial charge in [0.05, 0.1) is 6.61 Å². The van der Waals surface area contributed by atoms with Crippen molar-refractivity contribution in [3.63, 3.8) is 0 Å². The molecule has 5 nitrogen and oxygen atoms in total. The summed E-state index contributed by atoms with van der Waals surface area (Å²) in [5.41, 5.74) is 2.10. The summed E-state index contributed by atoms with van der Waals surface area (Å²) in [5, 5.41) is 2.85. The number of benzene rings is 1. The van der Waals surface area contributed by atoms with Gasteiger partial charge in [-0.05, 0) is 49.9 Å². The Balaban J connectivity index is 2.50. The van der Waals surface area contributed by atoms with Crippen LogP contribution in [0.4, 0.5) is 5.69 Å². The number of amides is 1. The fourth-order valence-electron chi connectivity index (χ4n) is 3.01. The van der Waals surface area contributed by atoms with Crippen LogP contribution in [-0.2, 0) is 24.0 Å². The number of anilines is 1. The van der Waals surface area contributed by atoms with Crippen LogP contribution in [0.25, 0.3) is 0 Å². The molecule has 0 saturated heterocycles. The summed E-state index contributed by atoms with van der Waals surface area (Å²) >= 11 is 9.58. The van der Waals surface area contributed by atoms with E-state index in [1.54, 1.807) is 6.92 Å². The van der Waals surface area contributed by atoms with E-state index in [1.807, 2.05) is 32.9 Å². The van der Waals surface area contributed by atoms with E-state index in [-0.39, 0.29) is 16.3 Å². The van der Waals surface area contributed by atoms with Crippen molar-refractivity contribution >= 4 is 39.1 Å². The van der Waals surface area contributed by atoms with Gasteiger partial charge in [0.15, 0.2) is 0 Å². The standard InChI is InChI=1S/C21H25BrClNO4/c1-5-13-10-15(22)11-14(6-2)19(13)24-21(26)17-16(8-9-27-7-3)28-12(4)18(23)20(17)25/h10-11H,5-9H2,1-4H3,(H,24,26). The fraction of sp³-hybridized carbons (Fsp3) is 0.429. The first kappa shape index (κ1) is 22.7. The molecule has 28 heavy (non-hydrogen) atoms. The van der Waals surface area contributed by atoms with E-state index in [0.717, 1.165) is 34.1 Å². The highest BCUT2D eigenvalue weighted by Gasteiger charge is 2.23. The Morgan fingerprint density at radius 3 is 2.36 bits per heavy atom. The molecule has 1 N–H and O–H groups in total. The molecule has 0 saturated carbocycles. The molecule has 0 atom stereocenters. The molecule has 2 rings (SSSR count). The second-order valence-corrected chi connectivity index (χ2v) is 7.60. The average molecular weight is 471 g/mol. The summed E-state index contributed by atoms with van der Waals surface area (Å²) in [5.74, 6) is 0.0572. The lowest BCUT2D eigenvalue weighted by molar-refractivity contribution is 0.101. The second kappa shape index (κ2) is 10.2. The maximum absolute atomic E-state index is 13.1. The minimum atomic E-state index is -0.525. The summed E-state index contributed by atoms with van der Waals surface area (Å²) in [6.45, 7) is 8.40. The van der Waals surface area contributed by atoms with Gasteiger partial charge in [-0.2, -0.15) is 0 Å². The Bertz CT molecular complexity index is 898. The number of ether oxygens (including phenoxy) is 1. The van der Waals surface area contributed by atoms with Crippen LogP contribution < -0.4 is 10.7 Å². The Labute approximate surface area is 178 Å². The SMILES string of the molecule is CCOCCc1oc(C)c(Cl)c(=O)c1C(=O)Nc1c(CC)cc(Br)cc1CC. The van der Waals surface area contributed by atoms with Crippen LogP contribution in [0.2, 0.25) is 5.02 Å². The average Bonchev–Trinajstić information content (AvgIpc) is 2.67. The highest BCUT2D eigenvalue weighted by molar-refractivity contribution is 9.10. The predicted octanol–water partition coefficient (Wildman–Crippen LogP) is 5.32. The molecule has 0 bridgehead atoms. The largest absolute Gasteiger partial charge is 0.464 e. The van der Waals surface area contributed by atoms with E-state index in [2.05, 4.69) is 21.2 Å². The lowest BCUT2D eigenvalue weighted by Crippen LogP contribution is -2.26. The molecule has 7 heteroatoms. The minimum Gasteiger partial charge on any atom is -0.464 e. The van der Waals surface area contributed by atoms with Gasteiger partial charge in [0.1, 0.15) is 22.1 Å². The molecule has 1 aromatic heterocycles. The Morgan fingerprint density at radius 2 is 1.82 bits per heavy atom. The number of hydrogen-bond acceptors (Lipinski definition) is 4. The summed E-state index contributed by atoms with van der Waals surface area (Å²) in [6.07, 6.45) is 1.79. The Hall–Kier alpha value is -1.63. The van der Waals surface area contributed by atoms with E-state index in [9.17, 15) is 9.59 Å². The molecule has 0 radical (unpaired) electrons. The van der Waals surface area contributed by atoms with Crippen molar-refractivity contribution in [2.24, 2.45) is 0 Å². The maximum Gasteiger partial charge on any atom is 0.263 e. The van der Waals surface area contributed by atoms with Crippen LogP contribution in [0.15, 0.2) is 25.8 Å². The van der Waals surface area contributed by atoms with Crippen LogP contribution in [0, 0.1) is 6.92 Å². The zero-order valence-electron chi connectivity index (χ0n) is 16.6. The second-order valence-electron chi connectivity index (χ2n) is 6.31. The zero-order chi connectivity index (χ0) is 20.8. The number of halogens is 2. The molecule has 1 aromatic carbocycles. The van der Waals surface area contributed by atoms with Gasteiger partial charge >= 0.3 is 0 Å². The number of carbonyl (C=O) groups excluding carboxylic acids is 1. The normalized spacial score (nSPS) is 10.9. The van der Waals surface area contributed by atoms with Crippen molar-refractivity contribution in [3.05, 3.63) is 60.1 Å². The topological polar surface area (TPSA) is 68.5 Å². The molecule has 0 aliphatic carbocycles. The number of rotatable bonds is 8. The van der Waals surface area contributed by atoms with E-state index in [0.29, 0.717) is 25.4 Å². The van der Waals surface area contributed by atoms with Gasteiger partial charge in [0.25, 0.3) is 5.91 Å². The highest BCUT2D eigenvalue weighted by atomic mass is 79.9. The van der Waals surface area contributed by atoms with Crippen LogP contribution >= 0.6 is 27.5 Å². The Kier molecular flexibility index (Phi) is 8.28. The number of carbonyl (C=O) groups is 1. The third kappa shape index (κ3) is 5.04. The van der Waals surface area contributed by atoms with Crippen LogP contribution in [0.5, 0.6) is 0 Å². The molecular formula is C21H25BrClNO4. The quantitative estimate of drug-likeness (QED) is 0.530. The molecule has 0 unspecified atom stereocenters. The van der Waals surface area contributed by atoms with E-state index >= 15 is 0 Å². The number of hydrogen-bond donors (Lipinski definition) is 1. The molecule has 0 aliphatic heterocycles. The van der Waals surface area contributed by atoms with Gasteiger partial charge in [-0.25, -0.2) is 0 Å². The van der Waals surface area contributed by atoms with Gasteiger partial charge < -0.3 is 14.5 Å². The Morgan fingerprint density at radius 1 is 1.21 bits per heavy atom. The summed E-state index contributed by atoms with van der Waals surface area (Å²) in [7, 11) is 0. The maximum atomic E-state index is 13.1. The smallest absolute Gasteiger partial charge is 0.263 e. The van der Waals surface area contributed by atoms with Crippen LogP contribution in [0.3, 0.4) is 0 Å². The van der Waals surface area contributed by atoms with E-state index < -0.39 is 11.3 Å². The van der Waals surface area contributed by atoms with Crippen LogP contribution in [0.1, 0.15) is 53.8 Å². The van der Waals surface area contributed by atoms with E-state index in [4.69, 9.17) is 20.8 Å². The van der Waals surface area contributed by atoms with Gasteiger partial charge in [-0.15, -0.1) is 0 Å². The molecule has 152 valence electrons. The molecule has 0 aliphatic rings. The first-order chi connectivity index (χ1) is 13.3. The van der Waals surface area contributed by atoms with E-state index in [1.165, 1.54) is 0 Å². The number of aryl methyl sites for hydroxylation is 3. The lowest BCUT2D eigenvalue weighted by Gasteiger charge is -2.16. The van der Waals surface area contributed by atoms with Crippen molar-refractivity contribution in [1.29, 1.82) is 0 Å². The third-order valence-electron chi connectivity index (χ3n) is 4.46. The molecule has 2 aromatic rings.